The fraction of sp³-hybridized carbons (Fsp3) is 0.579. The van der Waals surface area contributed by atoms with Gasteiger partial charge in [-0.3, -0.25) is 0 Å². The van der Waals surface area contributed by atoms with E-state index in [4.69, 9.17) is 4.43 Å². The Morgan fingerprint density at radius 2 is 1.77 bits per heavy atom. The van der Waals surface area contributed by atoms with E-state index in [9.17, 15) is 0 Å². The van der Waals surface area contributed by atoms with Gasteiger partial charge in [0.2, 0.25) is 0 Å². The molecule has 0 aromatic heterocycles. The van der Waals surface area contributed by atoms with Crippen LogP contribution >= 0.6 is 0 Å². The molecule has 124 valence electrons. The minimum absolute atomic E-state index is 0.278. The topological polar surface area (TPSA) is 9.23 Å². The van der Waals surface area contributed by atoms with Gasteiger partial charge in [-0.05, 0) is 0 Å². The third-order valence-corrected chi connectivity index (χ3v) is 11.0. The van der Waals surface area contributed by atoms with E-state index >= 15 is 0 Å². The number of unbranched alkanes of at least 4 members (excludes halogenated alkanes) is 2. The van der Waals surface area contributed by atoms with Crippen LogP contribution in [0.15, 0.2) is 42.2 Å². The summed E-state index contributed by atoms with van der Waals surface area (Å²) in [5.41, 5.74) is 0. The first-order chi connectivity index (χ1) is 10.2. The summed E-state index contributed by atoms with van der Waals surface area (Å²) in [4.78, 5) is 0. The number of allylic oxidation sites excluding steroid dienone is 2. The molecule has 0 bridgehead atoms. The molecule has 0 aliphatic heterocycles. The molecule has 0 atom stereocenters. The molecule has 1 rings (SSSR count). The summed E-state index contributed by atoms with van der Waals surface area (Å²) in [7, 11) is -1.65. The molecule has 0 N–H and O–H groups in total. The Labute approximate surface area is 144 Å². The molecule has 0 amide bonds. The van der Waals surface area contributed by atoms with E-state index in [1.807, 2.05) is 0 Å². The average Bonchev–Trinajstić information content (AvgIpc) is 2.42. The van der Waals surface area contributed by atoms with Gasteiger partial charge in [0.25, 0.3) is 0 Å². The first-order valence-electron chi connectivity index (χ1n) is 8.26. The molecule has 0 heterocycles. The summed E-state index contributed by atoms with van der Waals surface area (Å²) in [6.07, 6.45) is 6.02. The molecule has 3 heteroatoms. The molecule has 0 radical (unpaired) electrons. The van der Waals surface area contributed by atoms with Crippen LogP contribution in [0.3, 0.4) is 0 Å². The molecule has 1 nitrogen and oxygen atoms in total. The summed E-state index contributed by atoms with van der Waals surface area (Å²) in [5, 5.41) is 1.62. The SMILES string of the molecule is C/C(=C/CCCC[Se]c1ccccc1)O[Si](C)(C)C(C)(C)C. The summed E-state index contributed by atoms with van der Waals surface area (Å²) in [5.74, 6) is 1.13. The molecule has 0 aliphatic rings. The molecule has 1 aromatic rings. The normalized spacial score (nSPS) is 13.3. The van der Waals surface area contributed by atoms with E-state index < -0.39 is 8.32 Å². The summed E-state index contributed by atoms with van der Waals surface area (Å²) < 4.78 is 7.80. The van der Waals surface area contributed by atoms with Crippen LogP contribution in [0.2, 0.25) is 23.5 Å². The van der Waals surface area contributed by atoms with Crippen molar-refractivity contribution in [3.63, 3.8) is 0 Å². The van der Waals surface area contributed by atoms with Crippen molar-refractivity contribution in [3.8, 4) is 0 Å². The van der Waals surface area contributed by atoms with Crippen LogP contribution in [-0.4, -0.2) is 23.3 Å². The van der Waals surface area contributed by atoms with Gasteiger partial charge in [0.15, 0.2) is 0 Å². The Morgan fingerprint density at radius 3 is 2.36 bits per heavy atom. The van der Waals surface area contributed by atoms with Crippen LogP contribution in [0, 0.1) is 0 Å². The van der Waals surface area contributed by atoms with Crippen LogP contribution in [0.1, 0.15) is 47.0 Å². The second-order valence-electron chi connectivity index (χ2n) is 7.33. The van der Waals surface area contributed by atoms with E-state index in [0.29, 0.717) is 15.0 Å². The standard InChI is InChI=1S/C19H32OSeSi/c1-17(20-22(5,6)19(2,3)4)13-9-8-12-16-21-18-14-10-7-11-15-18/h7,10-11,13-15H,8-9,12,16H2,1-6H3/b17-13-. The van der Waals surface area contributed by atoms with Gasteiger partial charge >= 0.3 is 145 Å². The molecule has 0 aliphatic carbocycles. The van der Waals surface area contributed by atoms with E-state index in [0.717, 1.165) is 12.2 Å². The van der Waals surface area contributed by atoms with Crippen molar-refractivity contribution in [3.05, 3.63) is 42.2 Å². The van der Waals surface area contributed by atoms with Gasteiger partial charge in [0.1, 0.15) is 0 Å². The number of hydrogen-bond acceptors (Lipinski definition) is 1. The van der Waals surface area contributed by atoms with E-state index in [-0.39, 0.29) is 5.04 Å². The van der Waals surface area contributed by atoms with Crippen LogP contribution in [0.4, 0.5) is 0 Å². The second-order valence-corrected chi connectivity index (χ2v) is 14.5. The Morgan fingerprint density at radius 1 is 1.14 bits per heavy atom. The van der Waals surface area contributed by atoms with Crippen molar-refractivity contribution < 1.29 is 4.43 Å². The fourth-order valence-electron chi connectivity index (χ4n) is 1.86. The molecule has 0 saturated heterocycles. The van der Waals surface area contributed by atoms with Gasteiger partial charge in [-0.15, -0.1) is 0 Å². The van der Waals surface area contributed by atoms with E-state index in [2.05, 4.69) is 77.2 Å². The Kier molecular flexibility index (Phi) is 7.95. The van der Waals surface area contributed by atoms with Crippen LogP contribution in [0.25, 0.3) is 0 Å². The molecule has 0 unspecified atom stereocenters. The maximum atomic E-state index is 6.28. The molecule has 0 fully saturated rings. The zero-order valence-electron chi connectivity index (χ0n) is 15.1. The third kappa shape index (κ3) is 7.17. The van der Waals surface area contributed by atoms with Gasteiger partial charge in [0, 0.05) is 0 Å². The molecule has 0 saturated carbocycles. The van der Waals surface area contributed by atoms with Crippen molar-refractivity contribution in [2.75, 3.05) is 0 Å². The van der Waals surface area contributed by atoms with Gasteiger partial charge < -0.3 is 0 Å². The van der Waals surface area contributed by atoms with Gasteiger partial charge in [-0.25, -0.2) is 0 Å². The van der Waals surface area contributed by atoms with Crippen molar-refractivity contribution in [1.82, 2.24) is 0 Å². The van der Waals surface area contributed by atoms with E-state index in [1.54, 1.807) is 0 Å². The third-order valence-electron chi connectivity index (χ3n) is 4.26. The monoisotopic (exact) mass is 384 g/mol. The maximum absolute atomic E-state index is 6.28. The van der Waals surface area contributed by atoms with Crippen molar-refractivity contribution in [2.45, 2.75) is 70.4 Å². The minimum atomic E-state index is -1.65. The number of rotatable bonds is 8. The first kappa shape index (κ1) is 19.5. The summed E-state index contributed by atoms with van der Waals surface area (Å²) in [6, 6.07) is 10.9. The van der Waals surface area contributed by atoms with Crippen molar-refractivity contribution in [2.24, 2.45) is 0 Å². The molecule has 22 heavy (non-hydrogen) atoms. The predicted molar refractivity (Wildman–Crippen MR) is 103 cm³/mol. The number of hydrogen-bond donors (Lipinski definition) is 0. The van der Waals surface area contributed by atoms with Crippen LogP contribution in [-0.2, 0) is 4.43 Å². The van der Waals surface area contributed by atoms with Crippen molar-refractivity contribution in [1.29, 1.82) is 0 Å². The average molecular weight is 384 g/mol. The first-order valence-corrected chi connectivity index (χ1v) is 13.2. The molecule has 1 aromatic carbocycles. The summed E-state index contributed by atoms with van der Waals surface area (Å²) >= 11 is 0.637. The van der Waals surface area contributed by atoms with Gasteiger partial charge in [-0.2, -0.15) is 0 Å². The number of benzene rings is 1. The Hall–Kier alpha value is -0.504. The molecular formula is C19H32OSeSi. The Balaban J connectivity index is 2.22. The molecular weight excluding hydrogens is 351 g/mol. The van der Waals surface area contributed by atoms with E-state index in [1.165, 1.54) is 22.6 Å². The van der Waals surface area contributed by atoms with Crippen molar-refractivity contribution >= 4 is 27.7 Å². The van der Waals surface area contributed by atoms with Gasteiger partial charge in [0.05, 0.1) is 0 Å². The molecule has 0 spiro atoms. The van der Waals surface area contributed by atoms with Crippen LogP contribution < -0.4 is 4.46 Å². The zero-order chi connectivity index (χ0) is 16.6. The zero-order valence-corrected chi connectivity index (χ0v) is 17.8. The Bertz CT molecular complexity index is 460. The van der Waals surface area contributed by atoms with Crippen LogP contribution in [0.5, 0.6) is 0 Å². The quantitative estimate of drug-likeness (QED) is 0.326. The predicted octanol–water partition coefficient (Wildman–Crippen LogP) is 5.53. The fourth-order valence-corrected chi connectivity index (χ4v) is 5.01. The van der Waals surface area contributed by atoms with Gasteiger partial charge in [-0.1, -0.05) is 0 Å². The summed E-state index contributed by atoms with van der Waals surface area (Å²) in [6.45, 7) is 13.6. The second kappa shape index (κ2) is 8.95.